The van der Waals surface area contributed by atoms with E-state index in [2.05, 4.69) is 15.0 Å². The van der Waals surface area contributed by atoms with Gasteiger partial charge in [-0.3, -0.25) is 0 Å². The Hall–Kier alpha value is -1.66. The molecule has 0 spiro atoms. The van der Waals surface area contributed by atoms with E-state index in [4.69, 9.17) is 0 Å². The van der Waals surface area contributed by atoms with Gasteiger partial charge in [0.25, 0.3) is 0 Å². The summed E-state index contributed by atoms with van der Waals surface area (Å²) >= 11 is 0. The Morgan fingerprint density at radius 1 is 1.17 bits per heavy atom. The van der Waals surface area contributed by atoms with Crippen molar-refractivity contribution < 1.29 is 17.6 Å². The fourth-order valence-electron chi connectivity index (χ4n) is 2.03. The van der Waals surface area contributed by atoms with Crippen LogP contribution in [-0.2, 0) is 6.18 Å². The Bertz CT molecular complexity index is 583. The Balaban J connectivity index is 1.97. The van der Waals surface area contributed by atoms with Crippen molar-refractivity contribution in [3.63, 3.8) is 0 Å². The van der Waals surface area contributed by atoms with E-state index in [9.17, 15) is 17.6 Å². The SMILES string of the molecule is FC1CC(c2nc3nc(C(F)(F)F)ccc3[nH]2)C1. The Morgan fingerprint density at radius 2 is 1.89 bits per heavy atom. The van der Waals surface area contributed by atoms with Gasteiger partial charge in [-0.1, -0.05) is 0 Å². The van der Waals surface area contributed by atoms with Crippen LogP contribution in [0.2, 0.25) is 0 Å². The summed E-state index contributed by atoms with van der Waals surface area (Å²) in [6, 6.07) is 2.20. The van der Waals surface area contributed by atoms with E-state index in [0.717, 1.165) is 6.07 Å². The van der Waals surface area contributed by atoms with Gasteiger partial charge in [0.15, 0.2) is 5.65 Å². The number of imidazole rings is 1. The molecule has 3 nitrogen and oxygen atoms in total. The molecule has 0 aromatic carbocycles. The summed E-state index contributed by atoms with van der Waals surface area (Å²) in [5.41, 5.74) is -0.493. The number of fused-ring (bicyclic) bond motifs is 1. The molecule has 1 fully saturated rings. The summed E-state index contributed by atoms with van der Waals surface area (Å²) in [4.78, 5) is 10.4. The minimum atomic E-state index is -4.48. The third kappa shape index (κ3) is 1.83. The number of aromatic nitrogens is 3. The minimum absolute atomic E-state index is 0.0298. The maximum Gasteiger partial charge on any atom is 0.433 e. The molecule has 0 radical (unpaired) electrons. The van der Waals surface area contributed by atoms with Crippen LogP contribution in [0.25, 0.3) is 11.2 Å². The molecule has 96 valence electrons. The number of halogens is 4. The highest BCUT2D eigenvalue weighted by molar-refractivity contribution is 5.70. The molecule has 2 aromatic heterocycles. The van der Waals surface area contributed by atoms with E-state index < -0.39 is 18.0 Å². The zero-order valence-corrected chi connectivity index (χ0v) is 9.13. The number of H-pyrrole nitrogens is 1. The summed E-state index contributed by atoms with van der Waals surface area (Å²) in [6.45, 7) is 0. The number of rotatable bonds is 1. The van der Waals surface area contributed by atoms with E-state index in [1.807, 2.05) is 0 Å². The molecule has 1 aliphatic rings. The van der Waals surface area contributed by atoms with E-state index >= 15 is 0 Å². The molecule has 1 saturated carbocycles. The van der Waals surface area contributed by atoms with Crippen molar-refractivity contribution in [3.8, 4) is 0 Å². The van der Waals surface area contributed by atoms with Gasteiger partial charge in [0.2, 0.25) is 0 Å². The lowest BCUT2D eigenvalue weighted by Crippen LogP contribution is -2.23. The highest BCUT2D eigenvalue weighted by Crippen LogP contribution is 2.38. The molecule has 0 bridgehead atoms. The molecule has 0 unspecified atom stereocenters. The summed E-state index contributed by atoms with van der Waals surface area (Å²) in [5, 5.41) is 0. The van der Waals surface area contributed by atoms with Crippen molar-refractivity contribution in [3.05, 3.63) is 23.7 Å². The number of nitrogens with zero attached hydrogens (tertiary/aromatic N) is 2. The van der Waals surface area contributed by atoms with E-state index in [-0.39, 0.29) is 11.6 Å². The highest BCUT2D eigenvalue weighted by Gasteiger charge is 2.34. The van der Waals surface area contributed by atoms with E-state index in [0.29, 0.717) is 24.2 Å². The number of nitrogens with one attached hydrogen (secondary N) is 1. The monoisotopic (exact) mass is 259 g/mol. The maximum atomic E-state index is 12.7. The zero-order valence-electron chi connectivity index (χ0n) is 9.13. The summed E-state index contributed by atoms with van der Waals surface area (Å²) < 4.78 is 50.1. The molecule has 0 amide bonds. The van der Waals surface area contributed by atoms with Gasteiger partial charge in [0.05, 0.1) is 5.52 Å². The minimum Gasteiger partial charge on any atom is -0.340 e. The van der Waals surface area contributed by atoms with Crippen LogP contribution in [0.5, 0.6) is 0 Å². The normalized spacial score (nSPS) is 24.2. The topological polar surface area (TPSA) is 41.6 Å². The van der Waals surface area contributed by atoms with Crippen molar-refractivity contribution in [2.75, 3.05) is 0 Å². The largest absolute Gasteiger partial charge is 0.433 e. The summed E-state index contributed by atoms with van der Waals surface area (Å²) in [7, 11) is 0. The van der Waals surface area contributed by atoms with Gasteiger partial charge in [-0.2, -0.15) is 13.2 Å². The second kappa shape index (κ2) is 3.66. The molecule has 1 aliphatic carbocycles. The van der Waals surface area contributed by atoms with Crippen LogP contribution >= 0.6 is 0 Å². The molecule has 0 saturated heterocycles. The van der Waals surface area contributed by atoms with Crippen LogP contribution in [0.4, 0.5) is 17.6 Å². The van der Waals surface area contributed by atoms with Crippen molar-refractivity contribution in [2.24, 2.45) is 0 Å². The molecule has 18 heavy (non-hydrogen) atoms. The average Bonchev–Trinajstić information content (AvgIpc) is 2.65. The predicted octanol–water partition coefficient (Wildman–Crippen LogP) is 3.19. The van der Waals surface area contributed by atoms with Crippen LogP contribution in [0, 0.1) is 0 Å². The molecule has 2 aromatic rings. The molecule has 7 heteroatoms. The Morgan fingerprint density at radius 3 is 2.50 bits per heavy atom. The fraction of sp³-hybridized carbons (Fsp3) is 0.455. The quantitative estimate of drug-likeness (QED) is 0.799. The van der Waals surface area contributed by atoms with Gasteiger partial charge in [-0.25, -0.2) is 14.4 Å². The van der Waals surface area contributed by atoms with Crippen molar-refractivity contribution >= 4 is 11.2 Å². The molecule has 0 aliphatic heterocycles. The van der Waals surface area contributed by atoms with Gasteiger partial charge in [0.1, 0.15) is 17.7 Å². The number of alkyl halides is 4. The van der Waals surface area contributed by atoms with Crippen LogP contribution in [-0.4, -0.2) is 21.1 Å². The smallest absolute Gasteiger partial charge is 0.340 e. The van der Waals surface area contributed by atoms with Gasteiger partial charge in [0, 0.05) is 5.92 Å². The molecule has 1 N–H and O–H groups in total. The molecule has 3 rings (SSSR count). The predicted molar refractivity (Wildman–Crippen MR) is 55.8 cm³/mol. The van der Waals surface area contributed by atoms with Crippen LogP contribution in [0.3, 0.4) is 0 Å². The first-order valence-electron chi connectivity index (χ1n) is 5.51. The Kier molecular flexibility index (Phi) is 2.33. The van der Waals surface area contributed by atoms with Crippen molar-refractivity contribution in [2.45, 2.75) is 31.1 Å². The fourth-order valence-corrected chi connectivity index (χ4v) is 2.03. The van der Waals surface area contributed by atoms with Crippen molar-refractivity contribution in [1.82, 2.24) is 15.0 Å². The van der Waals surface area contributed by atoms with Crippen LogP contribution < -0.4 is 0 Å². The number of hydrogen-bond donors (Lipinski definition) is 1. The zero-order chi connectivity index (χ0) is 12.9. The maximum absolute atomic E-state index is 12.7. The molecular weight excluding hydrogens is 250 g/mol. The Labute approximate surface area is 99.2 Å². The number of aromatic amines is 1. The highest BCUT2D eigenvalue weighted by atomic mass is 19.4. The van der Waals surface area contributed by atoms with Crippen LogP contribution in [0.1, 0.15) is 30.3 Å². The lowest BCUT2D eigenvalue weighted by molar-refractivity contribution is -0.141. The van der Waals surface area contributed by atoms with Crippen molar-refractivity contribution in [1.29, 1.82) is 0 Å². The van der Waals surface area contributed by atoms with E-state index in [1.54, 1.807) is 0 Å². The van der Waals surface area contributed by atoms with Gasteiger partial charge in [-0.15, -0.1) is 0 Å². The first-order valence-corrected chi connectivity index (χ1v) is 5.51. The molecular formula is C11H9F4N3. The lowest BCUT2D eigenvalue weighted by atomic mass is 9.83. The standard InChI is InChI=1S/C11H9F4N3/c12-6-3-5(4-6)9-16-7-1-2-8(11(13,14)15)17-10(7)18-9/h1-2,5-6H,3-4H2,(H,16,17,18). The van der Waals surface area contributed by atoms with Crippen LogP contribution in [0.15, 0.2) is 12.1 Å². The molecule has 0 atom stereocenters. The second-order valence-electron chi connectivity index (χ2n) is 4.45. The first kappa shape index (κ1) is 11.4. The first-order chi connectivity index (χ1) is 8.43. The van der Waals surface area contributed by atoms with Gasteiger partial charge >= 0.3 is 6.18 Å². The lowest BCUT2D eigenvalue weighted by Gasteiger charge is -2.27. The van der Waals surface area contributed by atoms with E-state index in [1.165, 1.54) is 6.07 Å². The second-order valence-corrected chi connectivity index (χ2v) is 4.45. The number of pyridine rings is 1. The number of hydrogen-bond acceptors (Lipinski definition) is 2. The molecule has 2 heterocycles. The summed E-state index contributed by atoms with van der Waals surface area (Å²) in [5.74, 6) is 0.481. The van der Waals surface area contributed by atoms with Gasteiger partial charge in [-0.05, 0) is 25.0 Å². The third-order valence-electron chi connectivity index (χ3n) is 3.12. The van der Waals surface area contributed by atoms with Gasteiger partial charge < -0.3 is 4.98 Å². The average molecular weight is 259 g/mol. The third-order valence-corrected chi connectivity index (χ3v) is 3.12. The summed E-state index contributed by atoms with van der Waals surface area (Å²) in [6.07, 6.45) is -4.58.